The van der Waals surface area contributed by atoms with Gasteiger partial charge in [0.25, 0.3) is 0 Å². The Morgan fingerprint density at radius 2 is 2.08 bits per heavy atom. The van der Waals surface area contributed by atoms with E-state index in [2.05, 4.69) is 0 Å². The number of rotatable bonds is 3. The van der Waals surface area contributed by atoms with Gasteiger partial charge in [0.15, 0.2) is 0 Å². The molecule has 0 spiro atoms. The standard InChI is InChI=1S/C7H16N2O2S/c1-3-7(10)5-9(6-7)12(8,11)4-2/h8,10H,3-6H2,1-2H3. The summed E-state index contributed by atoms with van der Waals surface area (Å²) in [4.78, 5) is 0. The van der Waals surface area contributed by atoms with Gasteiger partial charge < -0.3 is 5.11 Å². The highest BCUT2D eigenvalue weighted by atomic mass is 32.2. The SMILES string of the molecule is CCC1(O)CN(S(=N)(=O)CC)C1. The molecule has 0 bridgehead atoms. The number of nitrogens with one attached hydrogen (secondary N) is 1. The van der Waals surface area contributed by atoms with Crippen LogP contribution in [0.2, 0.25) is 0 Å². The summed E-state index contributed by atoms with van der Waals surface area (Å²) in [5.74, 6) is 0.340. The summed E-state index contributed by atoms with van der Waals surface area (Å²) in [5.41, 5.74) is -0.682. The molecule has 0 saturated carbocycles. The maximum Gasteiger partial charge on any atom is 0.107 e. The van der Waals surface area contributed by atoms with Crippen LogP contribution in [0.5, 0.6) is 0 Å². The van der Waals surface area contributed by atoms with Crippen LogP contribution in [-0.4, -0.2) is 38.1 Å². The first kappa shape index (κ1) is 9.95. The van der Waals surface area contributed by atoms with E-state index in [0.29, 0.717) is 25.3 Å². The third kappa shape index (κ3) is 1.62. The molecule has 4 nitrogen and oxygen atoms in total. The highest BCUT2D eigenvalue weighted by Gasteiger charge is 2.43. The Balaban J connectivity index is 2.56. The molecule has 0 aromatic carbocycles. The van der Waals surface area contributed by atoms with Gasteiger partial charge in [-0.25, -0.2) is 13.3 Å². The third-order valence-corrected chi connectivity index (χ3v) is 4.28. The predicted molar refractivity (Wildman–Crippen MR) is 48.2 cm³/mol. The summed E-state index contributed by atoms with van der Waals surface area (Å²) in [6.07, 6.45) is 0.669. The van der Waals surface area contributed by atoms with Gasteiger partial charge in [0.2, 0.25) is 0 Å². The van der Waals surface area contributed by atoms with E-state index in [9.17, 15) is 9.32 Å². The monoisotopic (exact) mass is 192 g/mol. The van der Waals surface area contributed by atoms with Gasteiger partial charge >= 0.3 is 0 Å². The van der Waals surface area contributed by atoms with Crippen LogP contribution >= 0.6 is 0 Å². The number of hydrogen-bond donors (Lipinski definition) is 2. The van der Waals surface area contributed by atoms with Crippen molar-refractivity contribution in [2.45, 2.75) is 25.9 Å². The van der Waals surface area contributed by atoms with Crippen molar-refractivity contribution in [2.24, 2.45) is 0 Å². The molecule has 1 heterocycles. The average Bonchev–Trinajstić information content (AvgIpc) is 1.98. The van der Waals surface area contributed by atoms with E-state index in [-0.39, 0.29) is 0 Å². The Kier molecular flexibility index (Phi) is 2.47. The maximum atomic E-state index is 11.4. The molecule has 1 aliphatic rings. The van der Waals surface area contributed by atoms with Crippen molar-refractivity contribution in [1.82, 2.24) is 4.31 Å². The zero-order chi connectivity index (χ0) is 9.41. The van der Waals surface area contributed by atoms with E-state index in [0.717, 1.165) is 0 Å². The quantitative estimate of drug-likeness (QED) is 0.681. The van der Waals surface area contributed by atoms with E-state index in [4.69, 9.17) is 4.78 Å². The zero-order valence-corrected chi connectivity index (χ0v) is 8.36. The Morgan fingerprint density at radius 1 is 1.58 bits per heavy atom. The van der Waals surface area contributed by atoms with Crippen molar-refractivity contribution in [2.75, 3.05) is 18.8 Å². The largest absolute Gasteiger partial charge is 0.387 e. The number of nitrogens with zero attached hydrogens (tertiary/aromatic N) is 1. The van der Waals surface area contributed by atoms with E-state index < -0.39 is 15.5 Å². The Labute approximate surface area is 73.7 Å². The molecule has 1 saturated heterocycles. The lowest BCUT2D eigenvalue weighted by molar-refractivity contribution is -0.0600. The first-order chi connectivity index (χ1) is 5.43. The fourth-order valence-electron chi connectivity index (χ4n) is 1.22. The number of hydrogen-bond acceptors (Lipinski definition) is 3. The van der Waals surface area contributed by atoms with Crippen LogP contribution in [-0.2, 0) is 9.92 Å². The summed E-state index contributed by atoms with van der Waals surface area (Å²) in [7, 11) is -2.57. The van der Waals surface area contributed by atoms with Crippen molar-refractivity contribution in [3.63, 3.8) is 0 Å². The summed E-state index contributed by atoms with van der Waals surface area (Å²) in [6, 6.07) is 0. The van der Waals surface area contributed by atoms with Gasteiger partial charge in [-0.05, 0) is 6.42 Å². The molecule has 5 heteroatoms. The fraction of sp³-hybridized carbons (Fsp3) is 1.00. The molecule has 1 rings (SSSR count). The molecule has 2 N–H and O–H groups in total. The molecule has 72 valence electrons. The van der Waals surface area contributed by atoms with E-state index in [1.165, 1.54) is 0 Å². The molecule has 1 fully saturated rings. The van der Waals surface area contributed by atoms with Gasteiger partial charge in [0.1, 0.15) is 9.92 Å². The van der Waals surface area contributed by atoms with Gasteiger partial charge in [-0.1, -0.05) is 13.8 Å². The molecule has 1 unspecified atom stereocenters. The Hall–Kier alpha value is -0.130. The molecule has 0 aromatic rings. The van der Waals surface area contributed by atoms with E-state index >= 15 is 0 Å². The van der Waals surface area contributed by atoms with Gasteiger partial charge in [-0.15, -0.1) is 0 Å². The summed E-state index contributed by atoms with van der Waals surface area (Å²) < 4.78 is 20.4. The summed E-state index contributed by atoms with van der Waals surface area (Å²) in [6.45, 7) is 4.41. The van der Waals surface area contributed by atoms with Crippen LogP contribution < -0.4 is 0 Å². The number of β-amino-alcohol motifs (C(OH)–C–C–N with tert-alkyl or cyclic N) is 1. The van der Waals surface area contributed by atoms with Crippen LogP contribution in [0.15, 0.2) is 0 Å². The Morgan fingerprint density at radius 3 is 2.42 bits per heavy atom. The minimum absolute atomic E-state index is 0.340. The van der Waals surface area contributed by atoms with Crippen molar-refractivity contribution in [3.05, 3.63) is 0 Å². The lowest BCUT2D eigenvalue weighted by atomic mass is 9.94. The highest BCUT2D eigenvalue weighted by molar-refractivity contribution is 7.90. The van der Waals surface area contributed by atoms with Gasteiger partial charge in [0, 0.05) is 18.8 Å². The van der Waals surface area contributed by atoms with Crippen molar-refractivity contribution < 1.29 is 9.32 Å². The first-order valence-electron chi connectivity index (χ1n) is 4.17. The molecular formula is C7H16N2O2S. The number of aliphatic hydroxyl groups is 1. The second-order valence-electron chi connectivity index (χ2n) is 3.31. The molecular weight excluding hydrogens is 176 g/mol. The molecule has 1 atom stereocenters. The van der Waals surface area contributed by atoms with E-state index in [1.807, 2.05) is 6.92 Å². The maximum absolute atomic E-state index is 11.4. The van der Waals surface area contributed by atoms with Gasteiger partial charge in [-0.2, -0.15) is 0 Å². The molecule has 0 radical (unpaired) electrons. The minimum atomic E-state index is -2.57. The summed E-state index contributed by atoms with van der Waals surface area (Å²) >= 11 is 0. The van der Waals surface area contributed by atoms with Crippen molar-refractivity contribution in [3.8, 4) is 0 Å². The van der Waals surface area contributed by atoms with Gasteiger partial charge in [-0.3, -0.25) is 0 Å². The normalized spacial score (nSPS) is 27.6. The average molecular weight is 192 g/mol. The second-order valence-corrected chi connectivity index (χ2v) is 5.68. The summed E-state index contributed by atoms with van der Waals surface area (Å²) in [5, 5.41) is 9.60. The molecule has 12 heavy (non-hydrogen) atoms. The van der Waals surface area contributed by atoms with Crippen LogP contribution in [0.25, 0.3) is 0 Å². The first-order valence-corrected chi connectivity index (χ1v) is 5.86. The zero-order valence-electron chi connectivity index (χ0n) is 7.54. The molecule has 0 aliphatic carbocycles. The lowest BCUT2D eigenvalue weighted by Gasteiger charge is -2.46. The third-order valence-electron chi connectivity index (χ3n) is 2.41. The van der Waals surface area contributed by atoms with Crippen molar-refractivity contribution in [1.29, 1.82) is 4.78 Å². The van der Waals surface area contributed by atoms with Crippen LogP contribution in [0.4, 0.5) is 0 Å². The van der Waals surface area contributed by atoms with Crippen LogP contribution in [0.3, 0.4) is 0 Å². The topological polar surface area (TPSA) is 64.4 Å². The molecule has 1 aliphatic heterocycles. The highest BCUT2D eigenvalue weighted by Crippen LogP contribution is 2.26. The minimum Gasteiger partial charge on any atom is -0.387 e. The lowest BCUT2D eigenvalue weighted by Crippen LogP contribution is -2.62. The van der Waals surface area contributed by atoms with Crippen LogP contribution in [0, 0.1) is 4.78 Å². The molecule has 0 aromatic heterocycles. The smallest absolute Gasteiger partial charge is 0.107 e. The fourth-order valence-corrected chi connectivity index (χ4v) is 2.49. The second kappa shape index (κ2) is 2.97. The molecule has 0 amide bonds. The van der Waals surface area contributed by atoms with Crippen LogP contribution in [0.1, 0.15) is 20.3 Å². The van der Waals surface area contributed by atoms with Gasteiger partial charge in [0.05, 0.1) is 5.60 Å². The Bertz CT molecular complexity index is 255. The van der Waals surface area contributed by atoms with Crippen molar-refractivity contribution >= 4 is 9.92 Å². The predicted octanol–water partition coefficient (Wildman–Crippen LogP) is 0.425. The van der Waals surface area contributed by atoms with E-state index in [1.54, 1.807) is 11.2 Å².